The molecule has 0 bridgehead atoms. The number of para-hydroxylation sites is 1. The smallest absolute Gasteiger partial charge is 0.311 e. The summed E-state index contributed by atoms with van der Waals surface area (Å²) < 4.78 is 1.91. The van der Waals surface area contributed by atoms with Gasteiger partial charge in [-0.25, -0.2) is 0 Å². The summed E-state index contributed by atoms with van der Waals surface area (Å²) >= 11 is 0. The molecule has 0 aliphatic carbocycles. The summed E-state index contributed by atoms with van der Waals surface area (Å²) in [5.41, 5.74) is 6.70. The Hall–Kier alpha value is -1.88. The van der Waals surface area contributed by atoms with Crippen LogP contribution in [-0.2, 0) is 17.8 Å². The van der Waals surface area contributed by atoms with Gasteiger partial charge in [0.05, 0.1) is 16.6 Å². The lowest BCUT2D eigenvalue weighted by molar-refractivity contribution is -0.151. The number of carbonyl (C=O) groups is 1. The molecule has 0 saturated heterocycles. The molecule has 0 radical (unpaired) electrons. The van der Waals surface area contributed by atoms with Crippen LogP contribution in [0.2, 0.25) is 0 Å². The van der Waals surface area contributed by atoms with E-state index in [1.165, 1.54) is 0 Å². The number of hydrogen-bond donors (Lipinski definition) is 2. The number of aryl methyl sites for hydroxylation is 1. The highest BCUT2D eigenvalue weighted by Gasteiger charge is 2.41. The number of fused-ring (bicyclic) bond motifs is 1. The fourth-order valence-corrected chi connectivity index (χ4v) is 2.79. The number of rotatable bonds is 6. The second kappa shape index (κ2) is 5.85. The van der Waals surface area contributed by atoms with Gasteiger partial charge < -0.3 is 10.8 Å². The molecular formula is C16H23N3O2. The Labute approximate surface area is 124 Å². The molecule has 3 N–H and O–H groups in total. The number of nitrogens with zero attached hydrogens (tertiary/aromatic N) is 2. The normalized spacial score (nSPS) is 14.5. The van der Waals surface area contributed by atoms with Gasteiger partial charge in [0.1, 0.15) is 0 Å². The van der Waals surface area contributed by atoms with Crippen molar-refractivity contribution >= 4 is 16.9 Å². The predicted molar refractivity (Wildman–Crippen MR) is 83.1 cm³/mol. The monoisotopic (exact) mass is 289 g/mol. The Morgan fingerprint density at radius 1 is 1.43 bits per heavy atom. The Kier molecular flexibility index (Phi) is 4.32. The van der Waals surface area contributed by atoms with E-state index in [-0.39, 0.29) is 12.5 Å². The van der Waals surface area contributed by atoms with Crippen molar-refractivity contribution in [3.8, 4) is 0 Å². The first-order valence-corrected chi connectivity index (χ1v) is 7.34. The first-order chi connectivity index (χ1) is 9.96. The highest BCUT2D eigenvalue weighted by molar-refractivity contribution is 5.83. The van der Waals surface area contributed by atoms with Crippen LogP contribution in [0.4, 0.5) is 0 Å². The molecule has 1 aromatic heterocycles. The van der Waals surface area contributed by atoms with Gasteiger partial charge in [-0.15, -0.1) is 0 Å². The Morgan fingerprint density at radius 3 is 2.62 bits per heavy atom. The largest absolute Gasteiger partial charge is 0.481 e. The van der Waals surface area contributed by atoms with Crippen molar-refractivity contribution < 1.29 is 9.90 Å². The summed E-state index contributed by atoms with van der Waals surface area (Å²) in [6, 6.07) is 7.92. The lowest BCUT2D eigenvalue weighted by Crippen LogP contribution is -2.45. The maximum Gasteiger partial charge on any atom is 0.311 e. The number of aromatic nitrogens is 2. The zero-order chi connectivity index (χ0) is 15.6. The molecule has 5 heteroatoms. The van der Waals surface area contributed by atoms with E-state index in [0.717, 1.165) is 23.1 Å². The predicted octanol–water partition coefficient (Wildman–Crippen LogP) is 2.28. The van der Waals surface area contributed by atoms with Gasteiger partial charge in [-0.2, -0.15) is 5.10 Å². The Bertz CT molecular complexity index is 648. The minimum absolute atomic E-state index is 0.0643. The standard InChI is InChI=1S/C16H23N3O2/c1-4-19-14-8-6-5-7-12(14)13(18-19)9-16(10-17,11(2)3)15(20)21/h5-8,11H,4,9-10,17H2,1-3H3,(H,20,21). The van der Waals surface area contributed by atoms with E-state index in [9.17, 15) is 9.90 Å². The van der Waals surface area contributed by atoms with Crippen LogP contribution in [0.3, 0.4) is 0 Å². The van der Waals surface area contributed by atoms with Gasteiger partial charge in [-0.1, -0.05) is 32.0 Å². The van der Waals surface area contributed by atoms with Gasteiger partial charge in [0.2, 0.25) is 0 Å². The van der Waals surface area contributed by atoms with Crippen molar-refractivity contribution in [3.63, 3.8) is 0 Å². The van der Waals surface area contributed by atoms with Crippen molar-refractivity contribution in [1.29, 1.82) is 0 Å². The summed E-state index contributed by atoms with van der Waals surface area (Å²) in [6.07, 6.45) is 0.351. The molecule has 0 fully saturated rings. The molecule has 114 valence electrons. The fraction of sp³-hybridized carbons (Fsp3) is 0.500. The molecular weight excluding hydrogens is 266 g/mol. The molecule has 0 aliphatic heterocycles. The Balaban J connectivity index is 2.54. The number of carboxylic acids is 1. The zero-order valence-electron chi connectivity index (χ0n) is 12.8. The lowest BCUT2D eigenvalue weighted by Gasteiger charge is -2.31. The van der Waals surface area contributed by atoms with Crippen LogP contribution in [0.25, 0.3) is 10.9 Å². The maximum absolute atomic E-state index is 11.8. The van der Waals surface area contributed by atoms with Crippen molar-refractivity contribution in [2.24, 2.45) is 17.1 Å². The van der Waals surface area contributed by atoms with E-state index in [0.29, 0.717) is 6.42 Å². The van der Waals surface area contributed by atoms with Crippen LogP contribution in [0.1, 0.15) is 26.5 Å². The SMILES string of the molecule is CCn1nc(CC(CN)(C(=O)O)C(C)C)c2ccccc21. The molecule has 1 atom stereocenters. The molecule has 0 saturated carbocycles. The molecule has 5 nitrogen and oxygen atoms in total. The van der Waals surface area contributed by atoms with E-state index in [4.69, 9.17) is 5.73 Å². The van der Waals surface area contributed by atoms with Gasteiger partial charge in [0.25, 0.3) is 0 Å². The first kappa shape index (κ1) is 15.5. The van der Waals surface area contributed by atoms with Crippen molar-refractivity contribution in [2.75, 3.05) is 6.54 Å². The Morgan fingerprint density at radius 2 is 2.10 bits per heavy atom. The molecule has 1 heterocycles. The highest BCUT2D eigenvalue weighted by Crippen LogP contribution is 2.33. The van der Waals surface area contributed by atoms with Gasteiger partial charge >= 0.3 is 5.97 Å². The third-order valence-electron chi connectivity index (χ3n) is 4.41. The topological polar surface area (TPSA) is 81.1 Å². The number of benzene rings is 1. The maximum atomic E-state index is 11.8. The average molecular weight is 289 g/mol. The zero-order valence-corrected chi connectivity index (χ0v) is 12.8. The van der Waals surface area contributed by atoms with Gasteiger partial charge in [-0.05, 0) is 18.9 Å². The fourth-order valence-electron chi connectivity index (χ4n) is 2.79. The summed E-state index contributed by atoms with van der Waals surface area (Å²) in [7, 11) is 0. The summed E-state index contributed by atoms with van der Waals surface area (Å²) in [5.74, 6) is -0.916. The van der Waals surface area contributed by atoms with E-state index in [1.54, 1.807) is 0 Å². The molecule has 2 aromatic rings. The van der Waals surface area contributed by atoms with Gasteiger partial charge in [0.15, 0.2) is 0 Å². The van der Waals surface area contributed by atoms with E-state index in [2.05, 4.69) is 5.10 Å². The summed E-state index contributed by atoms with van der Waals surface area (Å²) in [5, 5.41) is 15.3. The second-order valence-corrected chi connectivity index (χ2v) is 5.78. The molecule has 0 aliphatic rings. The number of aliphatic carboxylic acids is 1. The minimum Gasteiger partial charge on any atom is -0.481 e. The number of hydrogen-bond acceptors (Lipinski definition) is 3. The van der Waals surface area contributed by atoms with Crippen molar-refractivity contribution in [1.82, 2.24) is 9.78 Å². The van der Waals surface area contributed by atoms with E-state index in [1.807, 2.05) is 49.7 Å². The molecule has 0 amide bonds. The lowest BCUT2D eigenvalue weighted by atomic mass is 9.73. The van der Waals surface area contributed by atoms with Crippen LogP contribution in [0.5, 0.6) is 0 Å². The van der Waals surface area contributed by atoms with Gasteiger partial charge in [0, 0.05) is 24.9 Å². The molecule has 1 aromatic carbocycles. The van der Waals surface area contributed by atoms with E-state index >= 15 is 0 Å². The summed E-state index contributed by atoms with van der Waals surface area (Å²) in [6.45, 7) is 6.69. The minimum atomic E-state index is -0.976. The quantitative estimate of drug-likeness (QED) is 0.855. The van der Waals surface area contributed by atoms with Crippen molar-refractivity contribution in [2.45, 2.75) is 33.7 Å². The third kappa shape index (κ3) is 2.53. The van der Waals surface area contributed by atoms with Crippen molar-refractivity contribution in [3.05, 3.63) is 30.0 Å². The molecule has 21 heavy (non-hydrogen) atoms. The van der Waals surface area contributed by atoms with Gasteiger partial charge in [-0.3, -0.25) is 9.48 Å². The van der Waals surface area contributed by atoms with Crippen LogP contribution >= 0.6 is 0 Å². The van der Waals surface area contributed by atoms with E-state index < -0.39 is 11.4 Å². The number of carboxylic acid groups (broad SMARTS) is 1. The molecule has 1 unspecified atom stereocenters. The van der Waals surface area contributed by atoms with Crippen LogP contribution in [-0.4, -0.2) is 27.4 Å². The highest BCUT2D eigenvalue weighted by atomic mass is 16.4. The average Bonchev–Trinajstić information content (AvgIpc) is 2.82. The summed E-state index contributed by atoms with van der Waals surface area (Å²) in [4.78, 5) is 11.8. The molecule has 2 rings (SSSR count). The van der Waals surface area contributed by atoms with Crippen LogP contribution in [0, 0.1) is 11.3 Å². The first-order valence-electron chi connectivity index (χ1n) is 7.34. The third-order valence-corrected chi connectivity index (χ3v) is 4.41. The van der Waals surface area contributed by atoms with Crippen LogP contribution < -0.4 is 5.73 Å². The second-order valence-electron chi connectivity index (χ2n) is 5.78. The number of nitrogens with two attached hydrogens (primary N) is 1. The van der Waals surface area contributed by atoms with Crippen LogP contribution in [0.15, 0.2) is 24.3 Å². The molecule has 0 spiro atoms.